The van der Waals surface area contributed by atoms with Crippen LogP contribution in [0.25, 0.3) is 33.9 Å². The number of rotatable bonds is 3. The maximum Gasteiger partial charge on any atom is 0.252 e. The lowest BCUT2D eigenvalue weighted by atomic mass is 9.32. The van der Waals surface area contributed by atoms with Crippen molar-refractivity contribution in [2.75, 3.05) is 9.80 Å². The minimum Gasteiger partial charge on any atom is -0.311 e. The van der Waals surface area contributed by atoms with E-state index in [1.165, 1.54) is 95.0 Å². The lowest BCUT2D eigenvalue weighted by Gasteiger charge is -2.53. The van der Waals surface area contributed by atoms with E-state index < -0.39 is 0 Å². The summed E-state index contributed by atoms with van der Waals surface area (Å²) in [7, 11) is 0. The summed E-state index contributed by atoms with van der Waals surface area (Å²) in [4.78, 5) is 16.2. The number of nitrogens with zero attached hydrogens (tertiary/aromatic N) is 4. The van der Waals surface area contributed by atoms with Gasteiger partial charge in [-0.25, -0.2) is 9.97 Å². The van der Waals surface area contributed by atoms with Crippen LogP contribution in [0.5, 0.6) is 0 Å². The number of hydrogen-bond acceptors (Lipinski definition) is 4. The predicted octanol–water partition coefficient (Wildman–Crippen LogP) is 16.0. The van der Waals surface area contributed by atoms with Crippen LogP contribution in [0.3, 0.4) is 0 Å². The summed E-state index contributed by atoms with van der Waals surface area (Å²) < 4.78 is 0. The standard InChI is InChI=1S/C68H71BN4/c1-63(2,3)43-27-29-55-47(33-43)67(13,14)49-35-45(65(7,8)9)37-51-60(49)72(55)57-31-42(54-39-53(40-23-19-17-20-24-40)70-62(71-54)41-25-21-18-22-26-41)32-58-59(57)69(51)52-38-46(66(10,11)12)36-50-61(52)73(58)56-30-28-44(64(4,5)6)34-48(56)68(50,15)16/h17-39H,1-16H3. The Labute approximate surface area is 436 Å². The zero-order valence-corrected chi connectivity index (χ0v) is 46.1. The predicted molar refractivity (Wildman–Crippen MR) is 311 cm³/mol. The molecular formula is C68H71BN4. The van der Waals surface area contributed by atoms with Crippen LogP contribution in [0, 0.1) is 0 Å². The van der Waals surface area contributed by atoms with E-state index in [-0.39, 0.29) is 39.2 Å². The van der Waals surface area contributed by atoms with Crippen LogP contribution in [-0.4, -0.2) is 16.7 Å². The van der Waals surface area contributed by atoms with Crippen molar-refractivity contribution in [3.8, 4) is 33.9 Å². The van der Waals surface area contributed by atoms with E-state index in [1.54, 1.807) is 0 Å². The van der Waals surface area contributed by atoms with E-state index in [4.69, 9.17) is 9.97 Å². The van der Waals surface area contributed by atoms with E-state index in [2.05, 4.69) is 260 Å². The van der Waals surface area contributed by atoms with Gasteiger partial charge in [0.2, 0.25) is 0 Å². The third kappa shape index (κ3) is 7.15. The van der Waals surface area contributed by atoms with Crippen LogP contribution >= 0.6 is 0 Å². The maximum atomic E-state index is 5.56. The summed E-state index contributed by atoms with van der Waals surface area (Å²) in [6.07, 6.45) is 0. The fraction of sp³-hybridized carbons (Fsp3) is 0.324. The molecule has 0 unspecified atom stereocenters. The number of fused-ring (bicyclic) bond motifs is 8. The van der Waals surface area contributed by atoms with Gasteiger partial charge in [-0.05, 0) is 113 Å². The Morgan fingerprint density at radius 2 is 0.753 bits per heavy atom. The Balaban J connectivity index is 1.26. The molecule has 0 saturated carbocycles. The molecule has 4 nitrogen and oxygen atoms in total. The highest BCUT2D eigenvalue weighted by Crippen LogP contribution is 2.59. The van der Waals surface area contributed by atoms with Crippen molar-refractivity contribution in [1.29, 1.82) is 0 Å². The molecule has 0 saturated heterocycles. The van der Waals surface area contributed by atoms with Crippen LogP contribution in [-0.2, 0) is 32.5 Å². The van der Waals surface area contributed by atoms with E-state index in [0.29, 0.717) is 5.82 Å². The van der Waals surface area contributed by atoms with Crippen molar-refractivity contribution >= 4 is 57.2 Å². The Bertz CT molecular complexity index is 3380. The summed E-state index contributed by atoms with van der Waals surface area (Å²) in [5, 5.41) is 0. The fourth-order valence-corrected chi connectivity index (χ4v) is 12.5. The van der Waals surface area contributed by atoms with Crippen LogP contribution < -0.4 is 26.2 Å². The summed E-state index contributed by atoms with van der Waals surface area (Å²) in [6.45, 7) is 38.2. The van der Waals surface area contributed by atoms with E-state index in [0.717, 1.165) is 28.1 Å². The number of aromatic nitrogens is 2. The van der Waals surface area contributed by atoms with Gasteiger partial charge in [0.25, 0.3) is 6.71 Å². The van der Waals surface area contributed by atoms with Crippen molar-refractivity contribution in [1.82, 2.24) is 9.97 Å². The van der Waals surface area contributed by atoms with Crippen molar-refractivity contribution < 1.29 is 0 Å². The van der Waals surface area contributed by atoms with E-state index >= 15 is 0 Å². The van der Waals surface area contributed by atoms with Crippen LogP contribution in [0.2, 0.25) is 0 Å². The molecule has 0 radical (unpaired) electrons. The minimum absolute atomic E-state index is 0.0235. The molecule has 1 aromatic heterocycles. The Morgan fingerprint density at radius 3 is 1.16 bits per heavy atom. The maximum absolute atomic E-state index is 5.56. The lowest BCUT2D eigenvalue weighted by Crippen LogP contribution is -2.63. The Kier molecular flexibility index (Phi) is 9.99. The first kappa shape index (κ1) is 47.3. The van der Waals surface area contributed by atoms with Gasteiger partial charge in [0, 0.05) is 50.3 Å². The van der Waals surface area contributed by atoms with E-state index in [9.17, 15) is 0 Å². The monoisotopic (exact) mass is 955 g/mol. The third-order valence-electron chi connectivity index (χ3n) is 17.0. The molecule has 0 bridgehead atoms. The number of anilines is 6. The minimum atomic E-state index is -0.294. The van der Waals surface area contributed by atoms with Gasteiger partial charge in [0.05, 0.1) is 22.8 Å². The first-order chi connectivity index (χ1) is 34.2. The average molecular weight is 955 g/mol. The summed E-state index contributed by atoms with van der Waals surface area (Å²) in [5.74, 6) is 0.713. The molecule has 8 aromatic rings. The average Bonchev–Trinajstić information content (AvgIpc) is 3.34. The Hall–Kier alpha value is -6.72. The summed E-state index contributed by atoms with van der Waals surface area (Å²) in [6, 6.07) is 53.3. The second kappa shape index (κ2) is 15.4. The first-order valence-electron chi connectivity index (χ1n) is 26.7. The SMILES string of the molecule is CC(C)(C)c1ccc2c(c1)C(C)(C)c1cc(C(C)(C)C)cc3c1N2c1cc(-c2cc(-c4ccccc4)nc(-c4ccccc4)n2)cc2c1B3c1cc(C(C)(C)C)cc3c1N2c1ccc(C(C)(C)C)cc1C3(C)C. The van der Waals surface area contributed by atoms with Gasteiger partial charge in [0.15, 0.2) is 5.82 Å². The van der Waals surface area contributed by atoms with Crippen molar-refractivity contribution in [2.24, 2.45) is 0 Å². The highest BCUT2D eigenvalue weighted by atomic mass is 15.2. The third-order valence-corrected chi connectivity index (χ3v) is 17.0. The molecule has 366 valence electrons. The van der Waals surface area contributed by atoms with Crippen molar-refractivity contribution in [3.63, 3.8) is 0 Å². The van der Waals surface area contributed by atoms with Crippen LogP contribution in [0.4, 0.5) is 34.1 Å². The van der Waals surface area contributed by atoms with Gasteiger partial charge in [-0.2, -0.15) is 0 Å². The Morgan fingerprint density at radius 1 is 0.370 bits per heavy atom. The fourth-order valence-electron chi connectivity index (χ4n) is 12.5. The van der Waals surface area contributed by atoms with Gasteiger partial charge in [-0.1, -0.05) is 220 Å². The molecule has 0 aliphatic carbocycles. The summed E-state index contributed by atoms with van der Waals surface area (Å²) >= 11 is 0. The van der Waals surface area contributed by atoms with Gasteiger partial charge in [0.1, 0.15) is 0 Å². The second-order valence-electron chi connectivity index (χ2n) is 26.9. The topological polar surface area (TPSA) is 32.3 Å². The van der Waals surface area contributed by atoms with Crippen molar-refractivity contribution in [2.45, 2.75) is 143 Å². The largest absolute Gasteiger partial charge is 0.311 e. The van der Waals surface area contributed by atoms with Crippen LogP contribution in [0.1, 0.15) is 155 Å². The normalized spacial score (nSPS) is 15.8. The highest BCUT2D eigenvalue weighted by Gasteiger charge is 2.52. The molecule has 0 atom stereocenters. The smallest absolute Gasteiger partial charge is 0.252 e. The quantitative estimate of drug-likeness (QED) is 0.165. The molecule has 7 aromatic carbocycles. The number of benzene rings is 7. The van der Waals surface area contributed by atoms with Crippen LogP contribution in [0.15, 0.2) is 140 Å². The zero-order valence-electron chi connectivity index (χ0n) is 46.1. The second-order valence-corrected chi connectivity index (χ2v) is 26.9. The molecule has 5 heterocycles. The molecule has 0 fully saturated rings. The molecule has 0 spiro atoms. The molecule has 12 rings (SSSR count). The highest BCUT2D eigenvalue weighted by molar-refractivity contribution is 7.00. The summed E-state index contributed by atoms with van der Waals surface area (Å²) in [5.41, 5.74) is 26.7. The molecular weight excluding hydrogens is 884 g/mol. The van der Waals surface area contributed by atoms with Gasteiger partial charge in [-0.15, -0.1) is 0 Å². The van der Waals surface area contributed by atoms with Gasteiger partial charge >= 0.3 is 0 Å². The molecule has 5 heteroatoms. The molecule has 4 aliphatic rings. The molecule has 73 heavy (non-hydrogen) atoms. The molecule has 0 amide bonds. The zero-order chi connectivity index (χ0) is 51.7. The number of hydrogen-bond donors (Lipinski definition) is 0. The van der Waals surface area contributed by atoms with E-state index in [1.807, 2.05) is 0 Å². The van der Waals surface area contributed by atoms with Gasteiger partial charge in [-0.3, -0.25) is 0 Å². The lowest BCUT2D eigenvalue weighted by molar-refractivity contribution is 0.573. The molecule has 0 N–H and O–H groups in total. The molecule has 4 aliphatic heterocycles. The van der Waals surface area contributed by atoms with Gasteiger partial charge < -0.3 is 9.80 Å². The first-order valence-corrected chi connectivity index (χ1v) is 26.7. The van der Waals surface area contributed by atoms with Crippen molar-refractivity contribution in [3.05, 3.63) is 184 Å².